The monoisotopic (exact) mass is 573 g/mol. The van der Waals surface area contributed by atoms with E-state index in [1.54, 1.807) is 37.8 Å². The number of hydrogen-bond acceptors (Lipinski definition) is 6. The number of benzene rings is 2. The van der Waals surface area contributed by atoms with Crippen LogP contribution in [-0.4, -0.2) is 81.6 Å². The first-order valence-electron chi connectivity index (χ1n) is 14.0. The van der Waals surface area contributed by atoms with E-state index in [0.717, 1.165) is 36.8 Å². The molecule has 0 fully saturated rings. The van der Waals surface area contributed by atoms with E-state index in [2.05, 4.69) is 30.0 Å². The Bertz CT molecular complexity index is 1250. The van der Waals surface area contributed by atoms with Crippen molar-refractivity contribution < 1.29 is 22.7 Å². The van der Waals surface area contributed by atoms with Gasteiger partial charge >= 0.3 is 0 Å². The van der Waals surface area contributed by atoms with Gasteiger partial charge in [-0.25, -0.2) is 8.42 Å². The number of rotatable bonds is 10. The van der Waals surface area contributed by atoms with Crippen LogP contribution in [-0.2, 0) is 39.0 Å². The van der Waals surface area contributed by atoms with Gasteiger partial charge in [-0.1, -0.05) is 32.0 Å². The number of carbonyl (C=O) groups is 2. The summed E-state index contributed by atoms with van der Waals surface area (Å²) in [7, 11) is 1.15. The first kappa shape index (κ1) is 33.5. The summed E-state index contributed by atoms with van der Waals surface area (Å²) in [5.74, 6) is 0.660. The summed E-state index contributed by atoms with van der Waals surface area (Å²) >= 11 is 0. The standard InChI is InChI=1S/C16H24N2O.C15H23NO4S/c1-4-18-9-7-15-6-5-14(11-16(15)8-10-18)12-17(3)13(2)19;1-6-7-13(17)10-16(4)21(18,19)15-11(2)8-14(20-5)9-12(15)3/h5-6,11H,4,7-10,12H2,1-3H3;8-9H,6-7,10H2,1-5H3. The first-order chi connectivity index (χ1) is 18.8. The van der Waals surface area contributed by atoms with Gasteiger partial charge in [0.05, 0.1) is 18.6 Å². The molecule has 1 heterocycles. The molecule has 8 nitrogen and oxygen atoms in total. The largest absolute Gasteiger partial charge is 0.497 e. The lowest BCUT2D eigenvalue weighted by atomic mass is 10.00. The summed E-state index contributed by atoms with van der Waals surface area (Å²) in [6.45, 7) is 13.2. The van der Waals surface area contributed by atoms with Gasteiger partial charge in [0.25, 0.3) is 0 Å². The zero-order valence-electron chi connectivity index (χ0n) is 25.5. The lowest BCUT2D eigenvalue weighted by Crippen LogP contribution is -2.33. The molecule has 0 unspecified atom stereocenters. The molecule has 9 heteroatoms. The Morgan fingerprint density at radius 3 is 2.10 bits per heavy atom. The molecule has 0 aromatic heterocycles. The van der Waals surface area contributed by atoms with Gasteiger partial charge in [-0.3, -0.25) is 9.59 Å². The number of sulfonamides is 1. The number of fused-ring (bicyclic) bond motifs is 1. The van der Waals surface area contributed by atoms with Gasteiger partial charge in [0.1, 0.15) is 11.5 Å². The highest BCUT2D eigenvalue weighted by atomic mass is 32.2. The van der Waals surface area contributed by atoms with Crippen LogP contribution in [0, 0.1) is 13.8 Å². The van der Waals surface area contributed by atoms with Crippen molar-refractivity contribution in [2.45, 2.75) is 71.7 Å². The van der Waals surface area contributed by atoms with Crippen LogP contribution in [0.25, 0.3) is 0 Å². The van der Waals surface area contributed by atoms with Crippen LogP contribution in [0.1, 0.15) is 61.4 Å². The maximum atomic E-state index is 12.6. The smallest absolute Gasteiger partial charge is 0.243 e. The number of amides is 1. The average molecular weight is 574 g/mol. The molecular formula is C31H47N3O5S. The number of methoxy groups -OCH3 is 1. The number of likely N-dealkylation sites (N-methyl/N-ethyl adjacent to an activating group) is 2. The first-order valence-corrected chi connectivity index (χ1v) is 15.5. The van der Waals surface area contributed by atoms with Gasteiger partial charge in [-0.2, -0.15) is 4.31 Å². The fourth-order valence-corrected chi connectivity index (χ4v) is 6.46. The fraction of sp³-hybridized carbons (Fsp3) is 0.548. The predicted molar refractivity (Wildman–Crippen MR) is 160 cm³/mol. The van der Waals surface area contributed by atoms with Crippen molar-refractivity contribution in [3.63, 3.8) is 0 Å². The van der Waals surface area contributed by atoms with Gasteiger partial charge in [-0.15, -0.1) is 0 Å². The SMILES string of the molecule is CCCC(=O)CN(C)S(=O)(=O)c1c(C)cc(OC)cc1C.CCN1CCc2ccc(CN(C)C(C)=O)cc2CC1. The van der Waals surface area contributed by atoms with E-state index < -0.39 is 10.0 Å². The lowest BCUT2D eigenvalue weighted by molar-refractivity contribution is -0.128. The molecule has 0 atom stereocenters. The van der Waals surface area contributed by atoms with Crippen molar-refractivity contribution in [1.82, 2.24) is 14.1 Å². The number of hydrogen-bond donors (Lipinski definition) is 0. The number of Topliss-reactive ketones (excluding diaryl/α,β-unsaturated/α-hetero) is 1. The van der Waals surface area contributed by atoms with Crippen molar-refractivity contribution in [3.8, 4) is 5.75 Å². The zero-order valence-corrected chi connectivity index (χ0v) is 26.4. The summed E-state index contributed by atoms with van der Waals surface area (Å²) in [5.41, 5.74) is 5.40. The topological polar surface area (TPSA) is 87.2 Å². The summed E-state index contributed by atoms with van der Waals surface area (Å²) in [4.78, 5) is 27.5. The third-order valence-corrected chi connectivity index (χ3v) is 9.45. The molecule has 0 saturated carbocycles. The Balaban J connectivity index is 0.000000281. The van der Waals surface area contributed by atoms with Crippen LogP contribution in [0.4, 0.5) is 0 Å². The molecule has 0 spiro atoms. The van der Waals surface area contributed by atoms with Gasteiger partial charge in [0.15, 0.2) is 0 Å². The van der Waals surface area contributed by atoms with E-state index >= 15 is 0 Å². The average Bonchev–Trinajstić information content (AvgIpc) is 3.10. The number of ether oxygens (including phenoxy) is 1. The molecule has 1 amide bonds. The number of nitrogens with zero attached hydrogens (tertiary/aromatic N) is 3. The summed E-state index contributed by atoms with van der Waals surface area (Å²) < 4.78 is 31.5. The molecule has 0 N–H and O–H groups in total. The molecular weight excluding hydrogens is 526 g/mol. The molecule has 40 heavy (non-hydrogen) atoms. The number of ketones is 1. The van der Waals surface area contributed by atoms with Crippen molar-refractivity contribution >= 4 is 21.7 Å². The van der Waals surface area contributed by atoms with Crippen LogP contribution in [0.5, 0.6) is 5.75 Å². The van der Waals surface area contributed by atoms with Gasteiger partial charge in [0, 0.05) is 47.1 Å². The van der Waals surface area contributed by atoms with Crippen LogP contribution < -0.4 is 4.74 Å². The van der Waals surface area contributed by atoms with Crippen LogP contribution >= 0.6 is 0 Å². The van der Waals surface area contributed by atoms with E-state index in [4.69, 9.17) is 4.74 Å². The molecule has 1 aliphatic heterocycles. The van der Waals surface area contributed by atoms with E-state index in [9.17, 15) is 18.0 Å². The quantitative estimate of drug-likeness (QED) is 0.419. The van der Waals surface area contributed by atoms with Crippen molar-refractivity contribution in [3.05, 3.63) is 58.1 Å². The normalized spacial score (nSPS) is 13.6. The fourth-order valence-electron chi connectivity index (χ4n) is 4.91. The second kappa shape index (κ2) is 15.3. The highest BCUT2D eigenvalue weighted by molar-refractivity contribution is 7.89. The minimum atomic E-state index is -3.68. The van der Waals surface area contributed by atoms with E-state index in [1.807, 2.05) is 14.0 Å². The zero-order chi connectivity index (χ0) is 30.0. The van der Waals surface area contributed by atoms with Gasteiger partial charge in [0.2, 0.25) is 15.9 Å². The second-order valence-electron chi connectivity index (χ2n) is 10.6. The Hall–Kier alpha value is -2.75. The molecule has 2 aromatic carbocycles. The predicted octanol–water partition coefficient (Wildman–Crippen LogP) is 4.39. The van der Waals surface area contributed by atoms with Crippen LogP contribution in [0.3, 0.4) is 0 Å². The number of aryl methyl sites for hydroxylation is 2. The molecule has 0 aliphatic carbocycles. The molecule has 3 rings (SSSR count). The highest BCUT2D eigenvalue weighted by Crippen LogP contribution is 2.27. The van der Waals surface area contributed by atoms with Crippen LogP contribution in [0.2, 0.25) is 0 Å². The van der Waals surface area contributed by atoms with Gasteiger partial charge in [-0.05, 0) is 79.6 Å². The number of carbonyl (C=O) groups excluding carboxylic acids is 2. The molecule has 0 bridgehead atoms. The molecule has 0 saturated heterocycles. The Kier molecular flexibility index (Phi) is 12.8. The minimum Gasteiger partial charge on any atom is -0.497 e. The third-order valence-electron chi connectivity index (χ3n) is 7.34. The molecule has 1 aliphatic rings. The highest BCUT2D eigenvalue weighted by Gasteiger charge is 2.26. The maximum Gasteiger partial charge on any atom is 0.243 e. The van der Waals surface area contributed by atoms with Crippen molar-refractivity contribution in [1.29, 1.82) is 0 Å². The maximum absolute atomic E-state index is 12.6. The Morgan fingerprint density at radius 2 is 1.57 bits per heavy atom. The van der Waals surface area contributed by atoms with E-state index in [-0.39, 0.29) is 23.1 Å². The van der Waals surface area contributed by atoms with E-state index in [0.29, 0.717) is 36.3 Å². The Morgan fingerprint density at radius 1 is 0.975 bits per heavy atom. The van der Waals surface area contributed by atoms with Crippen molar-refractivity contribution in [2.24, 2.45) is 0 Å². The summed E-state index contributed by atoms with van der Waals surface area (Å²) in [6.07, 6.45) is 3.38. The van der Waals surface area contributed by atoms with Crippen molar-refractivity contribution in [2.75, 3.05) is 47.4 Å². The Labute approximate surface area is 241 Å². The second-order valence-corrected chi connectivity index (χ2v) is 12.5. The molecule has 0 radical (unpaired) electrons. The van der Waals surface area contributed by atoms with Gasteiger partial charge < -0.3 is 14.5 Å². The summed E-state index contributed by atoms with van der Waals surface area (Å²) in [6, 6.07) is 10.1. The molecule has 2 aromatic rings. The lowest BCUT2D eigenvalue weighted by Gasteiger charge is -2.20. The minimum absolute atomic E-state index is 0.0765. The molecule has 222 valence electrons. The summed E-state index contributed by atoms with van der Waals surface area (Å²) in [5, 5.41) is 0. The van der Waals surface area contributed by atoms with E-state index in [1.165, 1.54) is 30.8 Å². The third kappa shape index (κ3) is 9.14. The van der Waals surface area contributed by atoms with Crippen LogP contribution in [0.15, 0.2) is 35.2 Å².